The molecule has 8 heteroatoms. The first kappa shape index (κ1) is 40.6. The molecule has 8 nitrogen and oxygen atoms in total. The van der Waals surface area contributed by atoms with Crippen LogP contribution in [0.4, 0.5) is 0 Å². The van der Waals surface area contributed by atoms with Crippen LogP contribution >= 0.6 is 0 Å². The van der Waals surface area contributed by atoms with Crippen LogP contribution in [-0.4, -0.2) is 76.8 Å². The Balaban J connectivity index is 0.948. The fraction of sp³-hybridized carbons (Fsp3) is 0.489. The van der Waals surface area contributed by atoms with Crippen molar-refractivity contribution >= 4 is 0 Å². The van der Waals surface area contributed by atoms with E-state index in [2.05, 4.69) is 104 Å². The van der Waals surface area contributed by atoms with Crippen molar-refractivity contribution in [2.75, 3.05) is 46.2 Å². The summed E-state index contributed by atoms with van der Waals surface area (Å²) in [7, 11) is 0. The van der Waals surface area contributed by atoms with Crippen molar-refractivity contribution in [3.8, 4) is 45.3 Å². The van der Waals surface area contributed by atoms with Gasteiger partial charge in [0.1, 0.15) is 60.6 Å². The fourth-order valence-electron chi connectivity index (χ4n) is 7.19. The number of hydrogen-bond donors (Lipinski definition) is 0. The molecule has 0 aliphatic carbocycles. The number of hydrogen-bond acceptors (Lipinski definition) is 8. The van der Waals surface area contributed by atoms with E-state index in [9.17, 15) is 0 Å². The Bertz CT molecular complexity index is 1870. The van der Waals surface area contributed by atoms with Gasteiger partial charge in [-0.2, -0.15) is 0 Å². The van der Waals surface area contributed by atoms with Crippen molar-refractivity contribution in [3.05, 3.63) is 93.0 Å². The summed E-state index contributed by atoms with van der Waals surface area (Å²) in [5.74, 6) is 3.70. The van der Waals surface area contributed by atoms with Gasteiger partial charge in [-0.25, -0.2) is 0 Å². The van der Waals surface area contributed by atoms with Crippen molar-refractivity contribution < 1.29 is 37.9 Å². The quantitative estimate of drug-likeness (QED) is 0.0877. The Morgan fingerprint density at radius 2 is 0.745 bits per heavy atom. The van der Waals surface area contributed by atoms with Gasteiger partial charge in [-0.15, -0.1) is 0 Å². The highest BCUT2D eigenvalue weighted by molar-refractivity contribution is 5.71. The van der Waals surface area contributed by atoms with Gasteiger partial charge in [0.15, 0.2) is 0 Å². The number of ether oxygens (including phenoxy) is 8. The van der Waals surface area contributed by atoms with Gasteiger partial charge in [-0.1, -0.05) is 0 Å². The SMILES string of the molecule is Cc1cc(-c2cc(C)c(OC(C)COCC(C)OCC(C)Oc3c(C)cc(-c4cc(C)c(OCC5CO5)c(C)c4)cc3C)c(C)c2)cc(C)c1OCC1CO1. The van der Waals surface area contributed by atoms with Crippen molar-refractivity contribution in [3.63, 3.8) is 0 Å². The van der Waals surface area contributed by atoms with Gasteiger partial charge in [0.2, 0.25) is 0 Å². The molecule has 6 rings (SSSR count). The Kier molecular flexibility index (Phi) is 13.1. The van der Waals surface area contributed by atoms with Crippen LogP contribution in [0.5, 0.6) is 23.0 Å². The van der Waals surface area contributed by atoms with E-state index in [4.69, 9.17) is 37.9 Å². The van der Waals surface area contributed by atoms with Gasteiger partial charge in [0.25, 0.3) is 0 Å². The lowest BCUT2D eigenvalue weighted by Gasteiger charge is -2.23. The maximum atomic E-state index is 6.42. The minimum atomic E-state index is -0.125. The van der Waals surface area contributed by atoms with Crippen LogP contribution in [0.15, 0.2) is 48.5 Å². The molecule has 0 bridgehead atoms. The van der Waals surface area contributed by atoms with Crippen LogP contribution in [0.3, 0.4) is 0 Å². The van der Waals surface area contributed by atoms with Gasteiger partial charge in [0, 0.05) is 0 Å². The summed E-state index contributed by atoms with van der Waals surface area (Å²) in [5.41, 5.74) is 13.6. The molecule has 0 spiro atoms. The van der Waals surface area contributed by atoms with Crippen LogP contribution in [0.2, 0.25) is 0 Å². The summed E-state index contributed by atoms with van der Waals surface area (Å²) in [5, 5.41) is 0. The molecule has 2 saturated heterocycles. The second kappa shape index (κ2) is 17.8. The molecule has 296 valence electrons. The first-order valence-electron chi connectivity index (χ1n) is 19.7. The van der Waals surface area contributed by atoms with Crippen molar-refractivity contribution in [1.82, 2.24) is 0 Å². The molecule has 0 amide bonds. The van der Waals surface area contributed by atoms with Crippen molar-refractivity contribution in [1.29, 1.82) is 0 Å². The highest BCUT2D eigenvalue weighted by Gasteiger charge is 2.25. The highest BCUT2D eigenvalue weighted by atomic mass is 16.6. The van der Waals surface area contributed by atoms with Crippen LogP contribution in [0, 0.1) is 55.4 Å². The van der Waals surface area contributed by atoms with Crippen LogP contribution in [-0.2, 0) is 18.9 Å². The maximum absolute atomic E-state index is 6.42. The second-order valence-electron chi connectivity index (χ2n) is 15.8. The number of epoxide rings is 2. The molecule has 5 atom stereocenters. The number of rotatable bonds is 19. The lowest BCUT2D eigenvalue weighted by molar-refractivity contribution is -0.0431. The predicted octanol–water partition coefficient (Wildman–Crippen LogP) is 9.70. The Morgan fingerprint density at radius 3 is 1.07 bits per heavy atom. The van der Waals surface area contributed by atoms with Crippen LogP contribution in [0.25, 0.3) is 22.3 Å². The zero-order valence-corrected chi connectivity index (χ0v) is 34.7. The summed E-state index contributed by atoms with van der Waals surface area (Å²) in [6.45, 7) is 27.1. The molecule has 4 aromatic carbocycles. The molecule has 5 unspecified atom stereocenters. The third kappa shape index (κ3) is 10.8. The molecule has 0 saturated carbocycles. The molecule has 55 heavy (non-hydrogen) atoms. The molecular weight excluding hydrogens is 693 g/mol. The third-order valence-electron chi connectivity index (χ3n) is 10.1. The van der Waals surface area contributed by atoms with Gasteiger partial charge >= 0.3 is 0 Å². The molecule has 4 aromatic rings. The molecular formula is C47H60O8. The molecule has 0 radical (unpaired) electrons. The van der Waals surface area contributed by atoms with E-state index in [1.165, 1.54) is 22.3 Å². The van der Waals surface area contributed by atoms with Gasteiger partial charge in [0.05, 0.1) is 39.1 Å². The van der Waals surface area contributed by atoms with Crippen LogP contribution < -0.4 is 18.9 Å². The first-order chi connectivity index (χ1) is 26.2. The van der Waals surface area contributed by atoms with Crippen molar-refractivity contribution in [2.24, 2.45) is 0 Å². The topological polar surface area (TPSA) is 80.4 Å². The number of benzene rings is 4. The van der Waals surface area contributed by atoms with E-state index in [1.807, 2.05) is 20.8 Å². The Hall–Kier alpha value is -4.08. The average molecular weight is 753 g/mol. The molecule has 2 heterocycles. The van der Waals surface area contributed by atoms with Crippen LogP contribution in [0.1, 0.15) is 65.3 Å². The lowest BCUT2D eigenvalue weighted by Crippen LogP contribution is -2.27. The minimum Gasteiger partial charge on any atom is -0.490 e. The summed E-state index contributed by atoms with van der Waals surface area (Å²) < 4.78 is 47.7. The Labute approximate surface area is 328 Å². The zero-order valence-electron chi connectivity index (χ0n) is 34.7. The van der Waals surface area contributed by atoms with Gasteiger partial charge in [-0.3, -0.25) is 0 Å². The summed E-state index contributed by atoms with van der Waals surface area (Å²) in [6, 6.07) is 17.6. The molecule has 2 aliphatic rings. The molecule has 0 aromatic heterocycles. The third-order valence-corrected chi connectivity index (χ3v) is 10.1. The monoisotopic (exact) mass is 752 g/mol. The molecule has 0 N–H and O–H groups in total. The van der Waals surface area contributed by atoms with Gasteiger partial charge in [-0.05, 0) is 191 Å². The Morgan fingerprint density at radius 1 is 0.455 bits per heavy atom. The summed E-state index contributed by atoms with van der Waals surface area (Å²) in [4.78, 5) is 0. The smallest absolute Gasteiger partial charge is 0.125 e. The largest absolute Gasteiger partial charge is 0.490 e. The summed E-state index contributed by atoms with van der Waals surface area (Å²) in [6.07, 6.45) is 0.132. The average Bonchev–Trinajstić information content (AvgIpc) is 4.06. The highest BCUT2D eigenvalue weighted by Crippen LogP contribution is 2.37. The summed E-state index contributed by atoms with van der Waals surface area (Å²) >= 11 is 0. The minimum absolute atomic E-state index is 0.0912. The zero-order chi connectivity index (χ0) is 39.4. The maximum Gasteiger partial charge on any atom is 0.125 e. The van der Waals surface area contributed by atoms with Crippen molar-refractivity contribution in [2.45, 2.75) is 107 Å². The van der Waals surface area contributed by atoms with E-state index in [0.717, 1.165) is 80.7 Å². The molecule has 2 aliphatic heterocycles. The van der Waals surface area contributed by atoms with E-state index in [-0.39, 0.29) is 30.5 Å². The first-order valence-corrected chi connectivity index (χ1v) is 19.7. The van der Waals surface area contributed by atoms with Gasteiger partial charge < -0.3 is 37.9 Å². The van der Waals surface area contributed by atoms with E-state index in [1.54, 1.807) is 0 Å². The second-order valence-corrected chi connectivity index (χ2v) is 15.8. The van der Waals surface area contributed by atoms with E-state index in [0.29, 0.717) is 33.0 Å². The standard InChI is InChI=1S/C47H60O8/c1-27-12-38(13-28(2)44(27)52-25-42-23-50-42)40-16-31(5)46(32(6)17-40)54-36(10)21-48-20-35(9)49-22-37(11)55-47-33(7)18-41(19-34(47)8)39-14-29(3)45(30(4)15-39)53-26-43-24-51-43/h12-19,35-37,42-43H,20-26H2,1-11H3. The lowest BCUT2D eigenvalue weighted by atomic mass is 9.96. The number of aryl methyl sites for hydroxylation is 8. The van der Waals surface area contributed by atoms with E-state index < -0.39 is 0 Å². The van der Waals surface area contributed by atoms with E-state index >= 15 is 0 Å². The fourth-order valence-corrected chi connectivity index (χ4v) is 7.19. The molecule has 2 fully saturated rings. The predicted molar refractivity (Wildman–Crippen MR) is 219 cm³/mol. The normalized spacial score (nSPS) is 17.7.